The Morgan fingerprint density at radius 2 is 1.63 bits per heavy atom. The number of amides is 1. The van der Waals surface area contributed by atoms with Crippen molar-refractivity contribution in [1.29, 1.82) is 0 Å². The third-order valence-corrected chi connectivity index (χ3v) is 10.1. The van der Waals surface area contributed by atoms with Crippen LogP contribution in [0.5, 0.6) is 0 Å². The highest BCUT2D eigenvalue weighted by Gasteiger charge is 2.50. The predicted octanol–water partition coefficient (Wildman–Crippen LogP) is 3.52. The molecule has 0 aliphatic carbocycles. The van der Waals surface area contributed by atoms with Crippen LogP contribution in [0, 0.1) is 5.92 Å². The maximum atomic E-state index is 12.7. The van der Waals surface area contributed by atoms with Crippen LogP contribution < -0.4 is 0 Å². The lowest BCUT2D eigenvalue weighted by atomic mass is 9.97. The van der Waals surface area contributed by atoms with Crippen LogP contribution in [-0.2, 0) is 28.2 Å². The van der Waals surface area contributed by atoms with Crippen LogP contribution in [0.25, 0.3) is 0 Å². The maximum absolute atomic E-state index is 12.7. The number of esters is 2. The molecule has 0 bridgehead atoms. The van der Waals surface area contributed by atoms with Crippen molar-refractivity contribution in [2.24, 2.45) is 5.92 Å². The van der Waals surface area contributed by atoms with Crippen molar-refractivity contribution >= 4 is 26.3 Å². The fraction of sp³-hybridized carbons (Fsp3) is 0.762. The molecule has 30 heavy (non-hydrogen) atoms. The molecular weight excluding hydrogens is 406 g/mol. The zero-order valence-electron chi connectivity index (χ0n) is 19.4. The summed E-state index contributed by atoms with van der Waals surface area (Å²) in [5.41, 5.74) is 0. The average molecular weight is 444 g/mol. The summed E-state index contributed by atoms with van der Waals surface area (Å²) in [7, 11) is -2.14. The largest absolute Gasteiger partial charge is 0.465 e. The van der Waals surface area contributed by atoms with E-state index < -0.39 is 38.3 Å². The highest BCUT2D eigenvalue weighted by Crippen LogP contribution is 2.39. The predicted molar refractivity (Wildman–Crippen MR) is 115 cm³/mol. The van der Waals surface area contributed by atoms with Crippen molar-refractivity contribution in [2.45, 2.75) is 71.3 Å². The van der Waals surface area contributed by atoms with E-state index in [0.717, 1.165) is 0 Å². The fourth-order valence-electron chi connectivity index (χ4n) is 3.12. The third kappa shape index (κ3) is 6.56. The van der Waals surface area contributed by atoms with Crippen LogP contribution in [0.4, 0.5) is 4.79 Å². The number of ether oxygens (including phenoxy) is 3. The molecule has 1 saturated heterocycles. The highest BCUT2D eigenvalue weighted by atomic mass is 28.4. The molecule has 1 heterocycles. The van der Waals surface area contributed by atoms with Gasteiger partial charge < -0.3 is 23.5 Å². The van der Waals surface area contributed by atoms with Gasteiger partial charge in [-0.2, -0.15) is 0 Å². The van der Waals surface area contributed by atoms with Crippen LogP contribution >= 0.6 is 0 Å². The van der Waals surface area contributed by atoms with E-state index in [1.807, 2.05) is 0 Å². The van der Waals surface area contributed by atoms with Gasteiger partial charge >= 0.3 is 18.0 Å². The number of carbonyl (C=O) groups is 3. The monoisotopic (exact) mass is 443 g/mol. The molecule has 2 atom stereocenters. The smallest absolute Gasteiger partial charge is 0.410 e. The summed E-state index contributed by atoms with van der Waals surface area (Å²) >= 11 is 0. The van der Waals surface area contributed by atoms with E-state index >= 15 is 0 Å². The summed E-state index contributed by atoms with van der Waals surface area (Å²) in [6.45, 7) is 18.0. The topological polar surface area (TPSA) is 91.4 Å². The van der Waals surface area contributed by atoms with Crippen LogP contribution in [0.3, 0.4) is 0 Å². The van der Waals surface area contributed by atoms with E-state index in [2.05, 4.69) is 40.4 Å². The van der Waals surface area contributed by atoms with Crippen LogP contribution in [0.15, 0.2) is 12.7 Å². The Morgan fingerprint density at radius 3 is 2.07 bits per heavy atom. The molecule has 0 unspecified atom stereocenters. The molecule has 0 aromatic rings. The molecule has 0 aromatic heterocycles. The number of carbonyl (C=O) groups excluding carboxylic acids is 3. The maximum Gasteiger partial charge on any atom is 0.410 e. The van der Waals surface area contributed by atoms with Gasteiger partial charge in [-0.05, 0) is 38.4 Å². The van der Waals surface area contributed by atoms with Gasteiger partial charge in [0.25, 0.3) is 0 Å². The van der Waals surface area contributed by atoms with E-state index in [-0.39, 0.29) is 37.5 Å². The minimum atomic E-state index is -2.14. The summed E-state index contributed by atoms with van der Waals surface area (Å²) in [6, 6.07) is -0.768. The molecule has 1 rings (SSSR count). The van der Waals surface area contributed by atoms with E-state index in [1.54, 1.807) is 13.8 Å². The number of likely N-dealkylation sites (tertiary alicyclic amines) is 1. The third-order valence-electron chi connectivity index (χ3n) is 5.60. The second kappa shape index (κ2) is 10.9. The number of nitrogens with zero attached hydrogens (tertiary/aromatic N) is 1. The summed E-state index contributed by atoms with van der Waals surface area (Å²) in [4.78, 5) is 39.3. The van der Waals surface area contributed by atoms with Gasteiger partial charge in [-0.1, -0.05) is 33.4 Å². The second-order valence-corrected chi connectivity index (χ2v) is 13.6. The first kappa shape index (κ1) is 26.2. The summed E-state index contributed by atoms with van der Waals surface area (Å²) in [5.74, 6) is -2.68. The fourth-order valence-corrected chi connectivity index (χ4v) is 4.48. The summed E-state index contributed by atoms with van der Waals surface area (Å²) in [5, 5.41) is -0.0268. The molecule has 0 radical (unpaired) electrons. The van der Waals surface area contributed by atoms with E-state index in [4.69, 9.17) is 18.6 Å². The van der Waals surface area contributed by atoms with Gasteiger partial charge in [0.2, 0.25) is 0 Å². The van der Waals surface area contributed by atoms with Gasteiger partial charge in [-0.3, -0.25) is 9.59 Å². The highest BCUT2D eigenvalue weighted by molar-refractivity contribution is 6.74. The van der Waals surface area contributed by atoms with Crippen molar-refractivity contribution in [1.82, 2.24) is 4.90 Å². The number of rotatable bonds is 9. The first-order valence-corrected chi connectivity index (χ1v) is 13.4. The Balaban J connectivity index is 3.22. The number of hydrogen-bond acceptors (Lipinski definition) is 7. The SMILES string of the molecule is C=CCOC(=O)N1C[C@H](O[Si](C)(C)C(C)(C)C)C[C@H]1C(C(=O)OCC)C(=O)OCC. The summed E-state index contributed by atoms with van der Waals surface area (Å²) in [6.07, 6.45) is 0.831. The normalized spacial score (nSPS) is 19.5. The van der Waals surface area contributed by atoms with Crippen molar-refractivity contribution in [3.8, 4) is 0 Å². The quantitative estimate of drug-likeness (QED) is 0.177. The second-order valence-electron chi connectivity index (χ2n) is 8.80. The Kier molecular flexibility index (Phi) is 9.55. The molecule has 172 valence electrons. The molecule has 0 spiro atoms. The van der Waals surface area contributed by atoms with Crippen molar-refractivity contribution in [3.05, 3.63) is 12.7 Å². The van der Waals surface area contributed by atoms with Crippen LogP contribution in [-0.4, -0.2) is 69.8 Å². The zero-order valence-corrected chi connectivity index (χ0v) is 20.4. The van der Waals surface area contributed by atoms with Crippen molar-refractivity contribution in [2.75, 3.05) is 26.4 Å². The van der Waals surface area contributed by atoms with E-state index in [9.17, 15) is 14.4 Å². The van der Waals surface area contributed by atoms with E-state index in [0.29, 0.717) is 6.42 Å². The van der Waals surface area contributed by atoms with Gasteiger partial charge in [0.15, 0.2) is 14.2 Å². The Morgan fingerprint density at radius 1 is 1.10 bits per heavy atom. The van der Waals surface area contributed by atoms with Crippen molar-refractivity contribution < 1.29 is 33.0 Å². The zero-order chi connectivity index (χ0) is 23.1. The molecule has 8 nitrogen and oxygen atoms in total. The van der Waals surface area contributed by atoms with Crippen molar-refractivity contribution in [3.63, 3.8) is 0 Å². The first-order valence-electron chi connectivity index (χ1n) is 10.4. The first-order chi connectivity index (χ1) is 13.9. The van der Waals surface area contributed by atoms with Gasteiger partial charge in [0.05, 0.1) is 25.4 Å². The van der Waals surface area contributed by atoms with Gasteiger partial charge in [-0.25, -0.2) is 4.79 Å². The molecule has 1 amide bonds. The molecule has 1 aliphatic rings. The average Bonchev–Trinajstić information content (AvgIpc) is 3.02. The minimum Gasteiger partial charge on any atom is -0.465 e. The Bertz CT molecular complexity index is 611. The minimum absolute atomic E-state index is 0.0268. The van der Waals surface area contributed by atoms with E-state index in [1.165, 1.54) is 11.0 Å². The molecular formula is C21H37NO7Si. The number of hydrogen-bond donors (Lipinski definition) is 0. The van der Waals surface area contributed by atoms with Gasteiger partial charge in [-0.15, -0.1) is 0 Å². The standard InChI is InChI=1S/C21H37NO7Si/c1-9-12-28-20(25)22-14-15(29-30(7,8)21(4,5)6)13-16(22)17(18(23)26-10-2)19(24)27-11-3/h9,15-17H,1,10-14H2,2-8H3/t15-,16+/m1/s1. The lowest BCUT2D eigenvalue weighted by Crippen LogP contribution is -2.47. The summed E-state index contributed by atoms with van der Waals surface area (Å²) < 4.78 is 21.9. The molecule has 0 aromatic carbocycles. The lowest BCUT2D eigenvalue weighted by Gasteiger charge is -2.38. The molecule has 0 saturated carbocycles. The molecule has 1 aliphatic heterocycles. The van der Waals surface area contributed by atoms with Crippen LogP contribution in [0.2, 0.25) is 18.1 Å². The van der Waals surface area contributed by atoms with Gasteiger partial charge in [0, 0.05) is 6.54 Å². The Hall–Kier alpha value is -1.87. The molecule has 0 N–H and O–H groups in total. The molecule has 9 heteroatoms. The Labute approximate surface area is 181 Å². The lowest BCUT2D eigenvalue weighted by molar-refractivity contribution is -0.164. The molecule has 1 fully saturated rings. The van der Waals surface area contributed by atoms with Gasteiger partial charge in [0.1, 0.15) is 6.61 Å². The van der Waals surface area contributed by atoms with Crippen LogP contribution in [0.1, 0.15) is 41.0 Å².